The molecule has 2 aliphatic heterocycles. The van der Waals surface area contributed by atoms with Gasteiger partial charge in [0.05, 0.1) is 39.3 Å². The molecule has 8 nitrogen and oxygen atoms in total. The van der Waals surface area contributed by atoms with Crippen molar-refractivity contribution in [1.29, 1.82) is 0 Å². The first-order valence-electron chi connectivity index (χ1n) is 15.7. The number of benzene rings is 2. The molecule has 1 fully saturated rings. The third kappa shape index (κ3) is 4.39. The number of pyridine rings is 2. The summed E-state index contributed by atoms with van der Waals surface area (Å²) < 4.78 is 19.3. The Morgan fingerprint density at radius 2 is 1.91 bits per heavy atom. The maximum Gasteiger partial charge on any atom is 0.261 e. The molecule has 2 aliphatic rings. The summed E-state index contributed by atoms with van der Waals surface area (Å²) in [6, 6.07) is 7.31. The summed E-state index contributed by atoms with van der Waals surface area (Å²) in [6.07, 6.45) is 5.92. The fourth-order valence-electron chi connectivity index (χ4n) is 7.54. The van der Waals surface area contributed by atoms with Crippen LogP contribution in [-0.2, 0) is 11.2 Å². The highest BCUT2D eigenvalue weighted by molar-refractivity contribution is 6.35. The minimum Gasteiger partial charge on any atom is -0.364 e. The van der Waals surface area contributed by atoms with Crippen molar-refractivity contribution in [2.45, 2.75) is 65.5 Å². The van der Waals surface area contributed by atoms with Crippen LogP contribution in [0.25, 0.3) is 38.6 Å². The number of hydrogen-bond acceptors (Lipinski definition) is 5. The molecule has 46 heavy (non-hydrogen) atoms. The van der Waals surface area contributed by atoms with Crippen molar-refractivity contribution in [1.82, 2.24) is 24.6 Å². The molecule has 2 unspecified atom stereocenters. The molecule has 2 atom stereocenters. The van der Waals surface area contributed by atoms with E-state index >= 15 is 4.39 Å². The molecular formula is C36H36ClFN6O2. The molecule has 0 aliphatic carbocycles. The lowest BCUT2D eigenvalue weighted by atomic mass is 9.89. The third-order valence-electron chi connectivity index (χ3n) is 9.74. The van der Waals surface area contributed by atoms with Crippen LogP contribution < -0.4 is 10.5 Å². The number of anilines is 1. The number of hydrogen-bond donors (Lipinski definition) is 1. The summed E-state index contributed by atoms with van der Waals surface area (Å²) in [4.78, 5) is 36.3. The van der Waals surface area contributed by atoms with Crippen LogP contribution in [0.4, 0.5) is 10.1 Å². The van der Waals surface area contributed by atoms with E-state index in [0.29, 0.717) is 59.5 Å². The minimum absolute atomic E-state index is 0.0228. The predicted molar refractivity (Wildman–Crippen MR) is 182 cm³/mol. The second kappa shape index (κ2) is 11.1. The van der Waals surface area contributed by atoms with Gasteiger partial charge in [-0.3, -0.25) is 24.2 Å². The molecule has 5 aromatic rings. The molecule has 10 heteroatoms. The molecule has 236 valence electrons. The fourth-order valence-corrected chi connectivity index (χ4v) is 7.83. The molecule has 0 spiro atoms. The Hall–Kier alpha value is -4.50. The molecular weight excluding hydrogens is 603 g/mol. The van der Waals surface area contributed by atoms with Gasteiger partial charge in [-0.05, 0) is 74.9 Å². The van der Waals surface area contributed by atoms with Gasteiger partial charge in [-0.25, -0.2) is 4.39 Å². The molecule has 7 rings (SSSR count). The van der Waals surface area contributed by atoms with Crippen molar-refractivity contribution < 1.29 is 9.18 Å². The van der Waals surface area contributed by atoms with Crippen LogP contribution in [-0.4, -0.2) is 55.7 Å². The molecule has 0 saturated carbocycles. The van der Waals surface area contributed by atoms with Crippen LogP contribution in [0.5, 0.6) is 0 Å². The topological polar surface area (TPSA) is 87.1 Å². The zero-order valence-electron chi connectivity index (χ0n) is 26.6. The van der Waals surface area contributed by atoms with Crippen molar-refractivity contribution in [3.8, 4) is 16.8 Å². The molecule has 5 heterocycles. The number of piperazine rings is 1. The van der Waals surface area contributed by atoms with Gasteiger partial charge in [-0.1, -0.05) is 38.1 Å². The number of carbonyl (C=O) groups is 1. The first kappa shape index (κ1) is 30.2. The SMILES string of the molecule is C=CC(=O)N1CC2CCc3c(c4cc(Cl)c(-c5c(C)ccc6[nH]ncc56)c(F)c4n(-c4c(C)ccnc4C(C)C)c3=O)N2CC1C. The highest BCUT2D eigenvalue weighted by Gasteiger charge is 2.40. The Balaban J connectivity index is 1.61. The maximum absolute atomic E-state index is 17.7. The van der Waals surface area contributed by atoms with E-state index in [0.717, 1.165) is 22.0 Å². The van der Waals surface area contributed by atoms with Crippen molar-refractivity contribution in [2.75, 3.05) is 18.0 Å². The quantitative estimate of drug-likeness (QED) is 0.214. The van der Waals surface area contributed by atoms with E-state index in [4.69, 9.17) is 11.6 Å². The van der Waals surface area contributed by atoms with Gasteiger partial charge in [0.25, 0.3) is 5.56 Å². The molecule has 0 radical (unpaired) electrons. The Labute approximate surface area is 271 Å². The summed E-state index contributed by atoms with van der Waals surface area (Å²) >= 11 is 7.11. The number of H-pyrrole nitrogens is 1. The van der Waals surface area contributed by atoms with Gasteiger partial charge in [0, 0.05) is 58.8 Å². The van der Waals surface area contributed by atoms with Gasteiger partial charge in [-0.15, -0.1) is 0 Å². The number of carbonyl (C=O) groups excluding carboxylic acids is 1. The number of aromatic amines is 1. The first-order chi connectivity index (χ1) is 22.0. The van der Waals surface area contributed by atoms with Crippen LogP contribution >= 0.6 is 11.6 Å². The lowest BCUT2D eigenvalue weighted by Crippen LogP contribution is -2.60. The van der Waals surface area contributed by atoms with E-state index in [9.17, 15) is 9.59 Å². The number of aryl methyl sites for hydroxylation is 2. The van der Waals surface area contributed by atoms with E-state index in [-0.39, 0.29) is 45.6 Å². The Bertz CT molecular complexity index is 2150. The summed E-state index contributed by atoms with van der Waals surface area (Å²) in [5, 5.41) is 8.74. The van der Waals surface area contributed by atoms with E-state index in [2.05, 4.69) is 26.7 Å². The van der Waals surface area contributed by atoms with E-state index in [1.807, 2.05) is 63.8 Å². The average Bonchev–Trinajstić information content (AvgIpc) is 3.51. The maximum atomic E-state index is 17.7. The third-order valence-corrected chi connectivity index (χ3v) is 10.0. The number of halogens is 2. The molecule has 2 aromatic carbocycles. The molecule has 1 N–H and O–H groups in total. The summed E-state index contributed by atoms with van der Waals surface area (Å²) in [7, 11) is 0. The number of amides is 1. The van der Waals surface area contributed by atoms with Gasteiger partial charge in [0.15, 0.2) is 5.82 Å². The molecule has 1 saturated heterocycles. The molecule has 0 bridgehead atoms. The van der Waals surface area contributed by atoms with Gasteiger partial charge in [-0.2, -0.15) is 5.10 Å². The average molecular weight is 639 g/mol. The zero-order valence-corrected chi connectivity index (χ0v) is 27.4. The fraction of sp³-hybridized carbons (Fsp3) is 0.333. The standard InChI is InChI=1S/C36H36ClFN6O2/c1-7-28(45)42-17-22-9-10-23-34(43(22)16-21(42)6)24-14-26(37)30(29-19(4)8-11-27-25(29)15-40-41-27)31(38)35(24)44(36(23)46)33-20(5)12-13-39-32(33)18(2)3/h7-8,11-15,18,21-22H,1,9-10,16-17H2,2-6H3,(H,40,41). The lowest BCUT2D eigenvalue weighted by molar-refractivity contribution is -0.129. The Kier molecular flexibility index (Phi) is 7.27. The molecule has 1 amide bonds. The largest absolute Gasteiger partial charge is 0.364 e. The zero-order chi connectivity index (χ0) is 32.6. The van der Waals surface area contributed by atoms with Crippen LogP contribution in [0.1, 0.15) is 55.5 Å². The second-order valence-corrected chi connectivity index (χ2v) is 13.3. The van der Waals surface area contributed by atoms with Gasteiger partial charge in [0.1, 0.15) is 0 Å². The predicted octanol–water partition coefficient (Wildman–Crippen LogP) is 7.00. The summed E-state index contributed by atoms with van der Waals surface area (Å²) in [5.74, 6) is -0.716. The highest BCUT2D eigenvalue weighted by atomic mass is 35.5. The monoisotopic (exact) mass is 638 g/mol. The van der Waals surface area contributed by atoms with Crippen LogP contribution in [0.3, 0.4) is 0 Å². The van der Waals surface area contributed by atoms with Gasteiger partial charge in [0.2, 0.25) is 5.91 Å². The van der Waals surface area contributed by atoms with Crippen molar-refractivity contribution in [3.63, 3.8) is 0 Å². The summed E-state index contributed by atoms with van der Waals surface area (Å²) in [5.41, 5.74) is 5.79. The van der Waals surface area contributed by atoms with Gasteiger partial charge < -0.3 is 9.80 Å². The van der Waals surface area contributed by atoms with Crippen LogP contribution in [0, 0.1) is 19.7 Å². The Morgan fingerprint density at radius 3 is 2.65 bits per heavy atom. The van der Waals surface area contributed by atoms with Crippen LogP contribution in [0.15, 0.2) is 54.1 Å². The first-order valence-corrected chi connectivity index (χ1v) is 16.1. The van der Waals surface area contributed by atoms with E-state index in [1.165, 1.54) is 6.08 Å². The van der Waals surface area contributed by atoms with Crippen molar-refractivity contribution in [2.24, 2.45) is 0 Å². The van der Waals surface area contributed by atoms with Gasteiger partial charge >= 0.3 is 0 Å². The van der Waals surface area contributed by atoms with Crippen molar-refractivity contribution in [3.05, 3.63) is 92.9 Å². The van der Waals surface area contributed by atoms with E-state index in [1.54, 1.807) is 17.0 Å². The minimum atomic E-state index is -0.576. The van der Waals surface area contributed by atoms with Crippen molar-refractivity contribution >= 4 is 45.0 Å². The highest BCUT2D eigenvalue weighted by Crippen LogP contribution is 2.46. The summed E-state index contributed by atoms with van der Waals surface area (Å²) in [6.45, 7) is 14.6. The van der Waals surface area contributed by atoms with Crippen LogP contribution in [0.2, 0.25) is 5.02 Å². The molecule has 3 aromatic heterocycles. The second-order valence-electron chi connectivity index (χ2n) is 12.9. The smallest absolute Gasteiger partial charge is 0.261 e. The number of fused-ring (bicyclic) bond motifs is 6. The Morgan fingerprint density at radius 1 is 1.13 bits per heavy atom. The number of aromatic nitrogens is 4. The number of nitrogens with one attached hydrogen (secondary N) is 1. The van der Waals surface area contributed by atoms with E-state index < -0.39 is 5.82 Å². The number of nitrogens with zero attached hydrogens (tertiary/aromatic N) is 5. The number of rotatable bonds is 4. The lowest BCUT2D eigenvalue weighted by Gasteiger charge is -2.49. The normalized spacial score (nSPS) is 17.9.